The molecule has 1 atom stereocenters. The van der Waals surface area contributed by atoms with E-state index in [0.29, 0.717) is 0 Å². The van der Waals surface area contributed by atoms with Crippen LogP contribution in [0.1, 0.15) is 0 Å². The van der Waals surface area contributed by atoms with Crippen LogP contribution in [0.15, 0.2) is 28.2 Å². The molecule has 9 heavy (non-hydrogen) atoms. The lowest BCUT2D eigenvalue weighted by molar-refractivity contribution is 0.730. The minimum Gasteiger partial charge on any atom is -0.366 e. The van der Waals surface area contributed by atoms with Crippen molar-refractivity contribution in [2.75, 3.05) is 0 Å². The third-order valence-corrected chi connectivity index (χ3v) is 2.14. The Hall–Kier alpha value is -0.700. The normalized spacial score (nSPS) is 29.3. The van der Waals surface area contributed by atoms with Crippen LogP contribution < -0.4 is 5.32 Å². The van der Waals surface area contributed by atoms with E-state index >= 15 is 0 Å². The average molecular weight is 138 g/mol. The van der Waals surface area contributed by atoms with Gasteiger partial charge in [0.2, 0.25) is 0 Å². The van der Waals surface area contributed by atoms with Crippen molar-refractivity contribution < 1.29 is 0 Å². The molecule has 2 aliphatic heterocycles. The maximum Gasteiger partial charge on any atom is 0.151 e. The van der Waals surface area contributed by atoms with Gasteiger partial charge in [-0.1, -0.05) is 11.8 Å². The predicted molar refractivity (Wildman–Crippen MR) is 40.2 cm³/mol. The first-order valence-electron chi connectivity index (χ1n) is 2.78. The highest BCUT2D eigenvalue weighted by Crippen LogP contribution is 2.25. The molecule has 1 N–H and O–H groups in total. The van der Waals surface area contributed by atoms with Gasteiger partial charge in [-0.05, 0) is 18.4 Å². The standard InChI is InChI=1S/C6H6N2S/c1-2-5-6(7-3-1)8-4-9-5/h1-4,6-7H. The quantitative estimate of drug-likeness (QED) is 0.542. The van der Waals surface area contributed by atoms with Gasteiger partial charge in [-0.25, -0.2) is 0 Å². The molecule has 2 aliphatic rings. The van der Waals surface area contributed by atoms with E-state index in [2.05, 4.69) is 16.4 Å². The number of nitrogens with zero attached hydrogens (tertiary/aromatic N) is 1. The molecular weight excluding hydrogens is 132 g/mol. The van der Waals surface area contributed by atoms with Crippen molar-refractivity contribution in [2.24, 2.45) is 4.99 Å². The molecule has 2 nitrogen and oxygen atoms in total. The van der Waals surface area contributed by atoms with Gasteiger partial charge in [0.1, 0.15) is 0 Å². The van der Waals surface area contributed by atoms with Crippen LogP contribution in [0, 0.1) is 0 Å². The number of rotatable bonds is 0. The Labute approximate surface area is 57.7 Å². The minimum atomic E-state index is 0.222. The zero-order valence-corrected chi connectivity index (χ0v) is 5.56. The van der Waals surface area contributed by atoms with Gasteiger partial charge in [0, 0.05) is 4.91 Å². The molecule has 0 amide bonds. The zero-order chi connectivity index (χ0) is 6.10. The summed E-state index contributed by atoms with van der Waals surface area (Å²) in [6, 6.07) is 0. The van der Waals surface area contributed by atoms with Gasteiger partial charge in [-0.2, -0.15) is 0 Å². The number of hydrogen-bond acceptors (Lipinski definition) is 3. The summed E-state index contributed by atoms with van der Waals surface area (Å²) in [5.74, 6) is 0. The summed E-state index contributed by atoms with van der Waals surface area (Å²) in [5.41, 5.74) is 1.87. The van der Waals surface area contributed by atoms with Gasteiger partial charge in [-0.3, -0.25) is 4.99 Å². The third-order valence-electron chi connectivity index (χ3n) is 1.28. The number of aliphatic imine (C=N–C) groups is 1. The topological polar surface area (TPSA) is 24.4 Å². The molecule has 2 heterocycles. The maximum atomic E-state index is 4.16. The predicted octanol–water partition coefficient (Wildman–Crippen LogP) is 1.09. The summed E-state index contributed by atoms with van der Waals surface area (Å²) < 4.78 is 0. The van der Waals surface area contributed by atoms with Crippen LogP contribution in [0.5, 0.6) is 0 Å². The smallest absolute Gasteiger partial charge is 0.151 e. The molecular formula is C6H6N2S. The second-order valence-electron chi connectivity index (χ2n) is 1.87. The van der Waals surface area contributed by atoms with Crippen LogP contribution in [0.25, 0.3) is 0 Å². The van der Waals surface area contributed by atoms with Crippen LogP contribution in [-0.4, -0.2) is 11.7 Å². The molecule has 0 fully saturated rings. The Balaban J connectivity index is 2.29. The van der Waals surface area contributed by atoms with Crippen molar-refractivity contribution in [3.63, 3.8) is 0 Å². The summed E-state index contributed by atoms with van der Waals surface area (Å²) in [4.78, 5) is 5.45. The minimum absolute atomic E-state index is 0.222. The molecule has 0 aliphatic carbocycles. The SMILES string of the molecule is C1=CNC2N=CSC2=C1. The molecule has 1 unspecified atom stereocenters. The third kappa shape index (κ3) is 0.772. The number of hydrogen-bond donors (Lipinski definition) is 1. The van der Waals surface area contributed by atoms with Crippen LogP contribution in [-0.2, 0) is 0 Å². The van der Waals surface area contributed by atoms with E-state index in [9.17, 15) is 0 Å². The van der Waals surface area contributed by atoms with Crippen LogP contribution >= 0.6 is 11.8 Å². The van der Waals surface area contributed by atoms with Crippen LogP contribution in [0.2, 0.25) is 0 Å². The Morgan fingerprint density at radius 2 is 2.67 bits per heavy atom. The Morgan fingerprint density at radius 3 is 3.56 bits per heavy atom. The number of dihydropyridines is 1. The summed E-state index contributed by atoms with van der Waals surface area (Å²) in [6.07, 6.45) is 6.21. The van der Waals surface area contributed by atoms with E-state index in [1.807, 2.05) is 17.8 Å². The molecule has 0 aromatic heterocycles. The van der Waals surface area contributed by atoms with Crippen molar-refractivity contribution in [3.8, 4) is 0 Å². The lowest BCUT2D eigenvalue weighted by atomic mass is 10.3. The van der Waals surface area contributed by atoms with E-state index in [-0.39, 0.29) is 6.17 Å². The number of thioether (sulfide) groups is 1. The molecule has 0 spiro atoms. The molecule has 0 bridgehead atoms. The van der Waals surface area contributed by atoms with Crippen LogP contribution in [0.4, 0.5) is 0 Å². The second-order valence-corrected chi connectivity index (χ2v) is 2.79. The largest absolute Gasteiger partial charge is 0.366 e. The fraction of sp³-hybridized carbons (Fsp3) is 0.167. The van der Waals surface area contributed by atoms with E-state index in [0.717, 1.165) is 0 Å². The summed E-state index contributed by atoms with van der Waals surface area (Å²) in [6.45, 7) is 0. The van der Waals surface area contributed by atoms with Gasteiger partial charge in [0.25, 0.3) is 0 Å². The maximum absolute atomic E-state index is 4.16. The Kier molecular flexibility index (Phi) is 1.09. The van der Waals surface area contributed by atoms with Gasteiger partial charge in [0.05, 0.1) is 5.55 Å². The van der Waals surface area contributed by atoms with Crippen molar-refractivity contribution >= 4 is 17.3 Å². The van der Waals surface area contributed by atoms with Gasteiger partial charge < -0.3 is 5.32 Å². The first kappa shape index (κ1) is 5.11. The van der Waals surface area contributed by atoms with E-state index < -0.39 is 0 Å². The molecule has 0 aromatic carbocycles. The van der Waals surface area contributed by atoms with E-state index in [1.165, 1.54) is 4.91 Å². The van der Waals surface area contributed by atoms with Crippen molar-refractivity contribution in [1.82, 2.24) is 5.32 Å². The molecule has 3 heteroatoms. The fourth-order valence-corrected chi connectivity index (χ4v) is 1.55. The summed E-state index contributed by atoms with van der Waals surface area (Å²) in [7, 11) is 0. The van der Waals surface area contributed by atoms with Crippen LogP contribution in [0.3, 0.4) is 0 Å². The van der Waals surface area contributed by atoms with Gasteiger partial charge in [0.15, 0.2) is 6.17 Å². The van der Waals surface area contributed by atoms with Gasteiger partial charge >= 0.3 is 0 Å². The van der Waals surface area contributed by atoms with Crippen molar-refractivity contribution in [1.29, 1.82) is 0 Å². The first-order chi connectivity index (χ1) is 4.47. The monoisotopic (exact) mass is 138 g/mol. The fourth-order valence-electron chi connectivity index (χ4n) is 0.835. The summed E-state index contributed by atoms with van der Waals surface area (Å²) in [5, 5.41) is 3.11. The highest BCUT2D eigenvalue weighted by Gasteiger charge is 2.16. The highest BCUT2D eigenvalue weighted by molar-refractivity contribution is 8.15. The lowest BCUT2D eigenvalue weighted by Crippen LogP contribution is -2.22. The summed E-state index contributed by atoms with van der Waals surface area (Å²) >= 11 is 1.68. The highest BCUT2D eigenvalue weighted by atomic mass is 32.2. The molecule has 0 saturated heterocycles. The zero-order valence-electron chi connectivity index (χ0n) is 4.74. The average Bonchev–Trinajstić information content (AvgIpc) is 2.33. The first-order valence-corrected chi connectivity index (χ1v) is 3.66. The van der Waals surface area contributed by atoms with E-state index in [1.54, 1.807) is 11.8 Å². The molecule has 46 valence electrons. The second kappa shape index (κ2) is 1.92. The number of allylic oxidation sites excluding steroid dienone is 2. The molecule has 0 radical (unpaired) electrons. The number of nitrogens with one attached hydrogen (secondary N) is 1. The van der Waals surface area contributed by atoms with Gasteiger partial charge in [-0.15, -0.1) is 0 Å². The molecule has 2 rings (SSSR count). The molecule has 0 aromatic rings. The Bertz CT molecular complexity index is 205. The van der Waals surface area contributed by atoms with Crippen molar-refractivity contribution in [3.05, 3.63) is 23.3 Å². The Morgan fingerprint density at radius 1 is 1.67 bits per heavy atom. The lowest BCUT2D eigenvalue weighted by Gasteiger charge is -2.11. The number of fused-ring (bicyclic) bond motifs is 1. The molecule has 0 saturated carbocycles. The van der Waals surface area contributed by atoms with Crippen molar-refractivity contribution in [2.45, 2.75) is 6.17 Å². The van der Waals surface area contributed by atoms with E-state index in [4.69, 9.17) is 0 Å².